The van der Waals surface area contributed by atoms with E-state index in [1.807, 2.05) is 37.3 Å². The van der Waals surface area contributed by atoms with Gasteiger partial charge < -0.3 is 4.74 Å². The Morgan fingerprint density at radius 2 is 1.80 bits per heavy atom. The van der Waals surface area contributed by atoms with Crippen molar-refractivity contribution in [3.63, 3.8) is 0 Å². The van der Waals surface area contributed by atoms with E-state index in [0.29, 0.717) is 5.02 Å². The van der Waals surface area contributed by atoms with Crippen LogP contribution in [0.1, 0.15) is 22.1 Å². The van der Waals surface area contributed by atoms with Crippen LogP contribution in [-0.4, -0.2) is 7.11 Å². The van der Waals surface area contributed by atoms with Crippen molar-refractivity contribution >= 4 is 55.1 Å². The third-order valence-electron chi connectivity index (χ3n) is 3.02. The molecule has 0 bridgehead atoms. The number of benzene rings is 2. The van der Waals surface area contributed by atoms with Crippen molar-refractivity contribution in [2.45, 2.75) is 12.3 Å². The van der Waals surface area contributed by atoms with Crippen LogP contribution in [0.25, 0.3) is 0 Å². The van der Waals surface area contributed by atoms with Crippen molar-refractivity contribution in [1.29, 1.82) is 0 Å². The van der Waals surface area contributed by atoms with Crippen LogP contribution in [0.4, 0.5) is 0 Å². The van der Waals surface area contributed by atoms with Gasteiger partial charge >= 0.3 is 0 Å². The first-order valence-corrected chi connectivity index (χ1v) is 8.27. The van der Waals surface area contributed by atoms with Gasteiger partial charge in [-0.3, -0.25) is 0 Å². The summed E-state index contributed by atoms with van der Waals surface area (Å²) in [7, 11) is 1.64. The first-order valence-electron chi connectivity index (χ1n) is 5.87. The van der Waals surface area contributed by atoms with Gasteiger partial charge in [0.15, 0.2) is 0 Å². The molecule has 1 nitrogen and oxygen atoms in total. The number of ether oxygens (including phenoxy) is 1. The fourth-order valence-corrected chi connectivity index (χ4v) is 3.00. The SMILES string of the molecule is COc1cc(C)c(Br)cc1C(Cl)c1ccc(Br)c(Cl)c1. The molecule has 1 unspecified atom stereocenters. The first-order chi connectivity index (χ1) is 9.43. The van der Waals surface area contributed by atoms with Crippen molar-refractivity contribution in [3.05, 3.63) is 61.0 Å². The molecule has 0 aliphatic rings. The third kappa shape index (κ3) is 3.33. The Morgan fingerprint density at radius 3 is 2.40 bits per heavy atom. The van der Waals surface area contributed by atoms with Crippen molar-refractivity contribution in [3.8, 4) is 5.75 Å². The van der Waals surface area contributed by atoms with Gasteiger partial charge in [0.1, 0.15) is 5.75 Å². The number of hydrogen-bond donors (Lipinski definition) is 0. The molecule has 106 valence electrons. The summed E-state index contributed by atoms with van der Waals surface area (Å²) in [4.78, 5) is 0. The van der Waals surface area contributed by atoms with E-state index in [0.717, 1.165) is 31.4 Å². The van der Waals surface area contributed by atoms with E-state index in [1.165, 1.54) is 0 Å². The van der Waals surface area contributed by atoms with Gasteiger partial charge in [0.2, 0.25) is 0 Å². The van der Waals surface area contributed by atoms with Gasteiger partial charge in [0, 0.05) is 14.5 Å². The van der Waals surface area contributed by atoms with Crippen molar-refractivity contribution in [2.75, 3.05) is 7.11 Å². The molecule has 0 aliphatic carbocycles. The molecule has 0 fully saturated rings. The van der Waals surface area contributed by atoms with Gasteiger partial charge in [0.25, 0.3) is 0 Å². The number of hydrogen-bond acceptors (Lipinski definition) is 1. The Bertz CT molecular complexity index is 644. The smallest absolute Gasteiger partial charge is 0.124 e. The number of halogens is 4. The predicted octanol–water partition coefficient (Wildman–Crippen LogP) is 6.51. The third-order valence-corrected chi connectivity index (χ3v) is 5.59. The van der Waals surface area contributed by atoms with E-state index in [1.54, 1.807) is 7.11 Å². The maximum absolute atomic E-state index is 6.59. The second kappa shape index (κ2) is 6.69. The predicted molar refractivity (Wildman–Crippen MR) is 92.3 cm³/mol. The molecular formula is C15H12Br2Cl2O. The summed E-state index contributed by atoms with van der Waals surface area (Å²) in [6.07, 6.45) is 0. The van der Waals surface area contributed by atoms with Crippen LogP contribution in [0, 0.1) is 6.92 Å². The highest BCUT2D eigenvalue weighted by atomic mass is 79.9. The lowest BCUT2D eigenvalue weighted by atomic mass is 10.0. The highest BCUT2D eigenvalue weighted by molar-refractivity contribution is 9.10. The molecule has 0 spiro atoms. The molecule has 0 saturated heterocycles. The van der Waals surface area contributed by atoms with Crippen LogP contribution in [0.15, 0.2) is 39.3 Å². The number of alkyl halides is 1. The van der Waals surface area contributed by atoms with Gasteiger partial charge in [-0.15, -0.1) is 11.6 Å². The van der Waals surface area contributed by atoms with Gasteiger partial charge in [-0.05, 0) is 58.2 Å². The molecule has 0 heterocycles. The summed E-state index contributed by atoms with van der Waals surface area (Å²) in [6, 6.07) is 9.65. The lowest BCUT2D eigenvalue weighted by Crippen LogP contribution is -1.99. The Labute approximate surface area is 145 Å². The zero-order chi connectivity index (χ0) is 14.9. The van der Waals surface area contributed by atoms with E-state index in [-0.39, 0.29) is 5.38 Å². The monoisotopic (exact) mass is 436 g/mol. The standard InChI is InChI=1S/C15H12Br2Cl2O/c1-8-5-14(20-2)10(7-12(8)17)15(19)9-3-4-11(16)13(18)6-9/h3-7,15H,1-2H3. The minimum atomic E-state index is -0.326. The van der Waals surface area contributed by atoms with Crippen LogP contribution in [0.3, 0.4) is 0 Å². The average molecular weight is 439 g/mol. The molecule has 0 N–H and O–H groups in total. The molecule has 0 radical (unpaired) electrons. The van der Waals surface area contributed by atoms with Crippen molar-refractivity contribution in [1.82, 2.24) is 0 Å². The molecule has 0 aliphatic heterocycles. The fourth-order valence-electron chi connectivity index (χ4n) is 1.89. The van der Waals surface area contributed by atoms with Gasteiger partial charge in [-0.1, -0.05) is 33.6 Å². The van der Waals surface area contributed by atoms with E-state index < -0.39 is 0 Å². The van der Waals surface area contributed by atoms with Crippen molar-refractivity contribution < 1.29 is 4.74 Å². The first kappa shape index (κ1) is 16.2. The Kier molecular flexibility index (Phi) is 5.41. The highest BCUT2D eigenvalue weighted by Crippen LogP contribution is 2.39. The average Bonchev–Trinajstić information content (AvgIpc) is 2.43. The summed E-state index contributed by atoms with van der Waals surface area (Å²) in [5.41, 5.74) is 2.93. The Balaban J connectivity index is 2.49. The zero-order valence-corrected chi connectivity index (χ0v) is 15.6. The van der Waals surface area contributed by atoms with Crippen LogP contribution in [0.2, 0.25) is 5.02 Å². The fraction of sp³-hybridized carbons (Fsp3) is 0.200. The van der Waals surface area contributed by atoms with E-state index in [9.17, 15) is 0 Å². The lowest BCUT2D eigenvalue weighted by Gasteiger charge is -2.16. The van der Waals surface area contributed by atoms with Crippen LogP contribution in [-0.2, 0) is 0 Å². The summed E-state index contributed by atoms with van der Waals surface area (Å²) < 4.78 is 7.28. The summed E-state index contributed by atoms with van der Waals surface area (Å²) in [6.45, 7) is 2.01. The highest BCUT2D eigenvalue weighted by Gasteiger charge is 2.18. The molecule has 1 atom stereocenters. The molecule has 0 aromatic heterocycles. The summed E-state index contributed by atoms with van der Waals surface area (Å²) in [5.74, 6) is 0.768. The molecule has 20 heavy (non-hydrogen) atoms. The van der Waals surface area contributed by atoms with Gasteiger partial charge in [-0.25, -0.2) is 0 Å². The van der Waals surface area contributed by atoms with Crippen molar-refractivity contribution in [2.24, 2.45) is 0 Å². The molecule has 0 amide bonds. The van der Waals surface area contributed by atoms with Crippen LogP contribution < -0.4 is 4.74 Å². The number of aryl methyl sites for hydroxylation is 1. The summed E-state index contributed by atoms with van der Waals surface area (Å²) in [5, 5.41) is 0.311. The zero-order valence-electron chi connectivity index (χ0n) is 10.9. The van der Waals surface area contributed by atoms with E-state index >= 15 is 0 Å². The largest absolute Gasteiger partial charge is 0.496 e. The van der Waals surface area contributed by atoms with Crippen LogP contribution >= 0.6 is 55.1 Å². The van der Waals surface area contributed by atoms with E-state index in [4.69, 9.17) is 27.9 Å². The minimum Gasteiger partial charge on any atom is -0.496 e. The Morgan fingerprint density at radius 1 is 1.10 bits per heavy atom. The minimum absolute atomic E-state index is 0.326. The molecule has 2 aromatic carbocycles. The number of rotatable bonds is 3. The quantitative estimate of drug-likeness (QED) is 0.496. The topological polar surface area (TPSA) is 9.23 Å². The van der Waals surface area contributed by atoms with Gasteiger partial charge in [-0.2, -0.15) is 0 Å². The number of methoxy groups -OCH3 is 1. The molecule has 2 rings (SSSR count). The van der Waals surface area contributed by atoms with E-state index in [2.05, 4.69) is 31.9 Å². The normalized spacial score (nSPS) is 12.3. The molecule has 5 heteroatoms. The lowest BCUT2D eigenvalue weighted by molar-refractivity contribution is 0.409. The Hall–Kier alpha value is -0.220. The maximum atomic E-state index is 6.59. The molecular weight excluding hydrogens is 427 g/mol. The second-order valence-corrected chi connectivity index (χ2v) is 6.93. The maximum Gasteiger partial charge on any atom is 0.124 e. The summed E-state index contributed by atoms with van der Waals surface area (Å²) >= 11 is 19.6. The van der Waals surface area contributed by atoms with Crippen LogP contribution in [0.5, 0.6) is 5.75 Å². The molecule has 2 aromatic rings. The second-order valence-electron chi connectivity index (χ2n) is 4.38. The molecule has 0 saturated carbocycles. The van der Waals surface area contributed by atoms with Gasteiger partial charge in [0.05, 0.1) is 17.5 Å².